The summed E-state index contributed by atoms with van der Waals surface area (Å²) in [6.07, 6.45) is 10.3. The SMILES string of the molecule is CCCCCCCn1nc(OCCCCCc2cccc(OC(C)(C)C(=O)O)c2)c(=O)n(CCCC)c1=O. The summed E-state index contributed by atoms with van der Waals surface area (Å²) in [6, 6.07) is 7.48. The first-order chi connectivity index (χ1) is 18.2. The first kappa shape index (κ1) is 31.1. The van der Waals surface area contributed by atoms with Crippen molar-refractivity contribution in [2.45, 2.75) is 117 Å². The van der Waals surface area contributed by atoms with Gasteiger partial charge in [0.1, 0.15) is 5.75 Å². The van der Waals surface area contributed by atoms with Gasteiger partial charge in [0.15, 0.2) is 5.60 Å². The average Bonchev–Trinajstić information content (AvgIpc) is 2.88. The lowest BCUT2D eigenvalue weighted by atomic mass is 10.1. The van der Waals surface area contributed by atoms with Gasteiger partial charge in [0.05, 0.1) is 6.61 Å². The van der Waals surface area contributed by atoms with Gasteiger partial charge in [-0.15, -0.1) is 5.10 Å². The molecule has 1 N–H and O–H groups in total. The van der Waals surface area contributed by atoms with Crippen LogP contribution >= 0.6 is 0 Å². The van der Waals surface area contributed by atoms with Crippen molar-refractivity contribution in [3.63, 3.8) is 0 Å². The minimum Gasteiger partial charge on any atom is -0.478 e. The summed E-state index contributed by atoms with van der Waals surface area (Å²) < 4.78 is 14.0. The van der Waals surface area contributed by atoms with Crippen LogP contribution in [0.4, 0.5) is 0 Å². The highest BCUT2D eigenvalue weighted by atomic mass is 16.5. The maximum Gasteiger partial charge on any atom is 0.347 e. The van der Waals surface area contributed by atoms with Gasteiger partial charge in [-0.3, -0.25) is 9.36 Å². The molecule has 0 amide bonds. The van der Waals surface area contributed by atoms with E-state index in [1.807, 2.05) is 25.1 Å². The van der Waals surface area contributed by atoms with Crippen LogP contribution in [0, 0.1) is 0 Å². The van der Waals surface area contributed by atoms with E-state index in [9.17, 15) is 19.5 Å². The fourth-order valence-electron chi connectivity index (χ4n) is 4.03. The molecule has 0 saturated heterocycles. The van der Waals surface area contributed by atoms with E-state index < -0.39 is 17.1 Å². The summed E-state index contributed by atoms with van der Waals surface area (Å²) in [7, 11) is 0. The van der Waals surface area contributed by atoms with Gasteiger partial charge < -0.3 is 14.6 Å². The Morgan fingerprint density at radius 2 is 1.66 bits per heavy atom. The van der Waals surface area contributed by atoms with Crippen molar-refractivity contribution >= 4 is 5.97 Å². The summed E-state index contributed by atoms with van der Waals surface area (Å²) in [6.45, 7) is 8.44. The molecule has 0 fully saturated rings. The van der Waals surface area contributed by atoms with Gasteiger partial charge in [-0.25, -0.2) is 14.3 Å². The smallest absolute Gasteiger partial charge is 0.347 e. The van der Waals surface area contributed by atoms with Gasteiger partial charge in [-0.2, -0.15) is 0 Å². The number of benzene rings is 1. The molecule has 0 bridgehead atoms. The Balaban J connectivity index is 1.90. The van der Waals surface area contributed by atoms with E-state index in [0.717, 1.165) is 69.8 Å². The van der Waals surface area contributed by atoms with Crippen molar-refractivity contribution in [1.82, 2.24) is 14.3 Å². The third-order valence-corrected chi connectivity index (χ3v) is 6.44. The molecule has 0 unspecified atom stereocenters. The highest BCUT2D eigenvalue weighted by Crippen LogP contribution is 2.21. The minimum atomic E-state index is -1.30. The molecule has 0 saturated carbocycles. The zero-order valence-corrected chi connectivity index (χ0v) is 23.5. The lowest BCUT2D eigenvalue weighted by molar-refractivity contribution is -0.152. The maximum absolute atomic E-state index is 12.9. The first-order valence-corrected chi connectivity index (χ1v) is 14.1. The molecule has 0 aliphatic carbocycles. The molecule has 0 atom stereocenters. The zero-order chi connectivity index (χ0) is 28.0. The molecule has 212 valence electrons. The number of hydrogen-bond donors (Lipinski definition) is 1. The molecule has 0 aliphatic heterocycles. The standard InChI is InChI=1S/C29H45N3O6/c1-5-7-9-10-13-20-32-28(36)31(19-8-6-2)26(33)25(30-32)37-21-14-11-12-16-23-17-15-18-24(22-23)38-29(3,4)27(34)35/h15,17-18,22H,5-14,16,19-21H2,1-4H3,(H,34,35). The molecule has 1 aromatic carbocycles. The van der Waals surface area contributed by atoms with Crippen molar-refractivity contribution in [3.8, 4) is 11.6 Å². The number of unbranched alkanes of at least 4 members (excludes halogenated alkanes) is 7. The Hall–Kier alpha value is -3.10. The van der Waals surface area contributed by atoms with E-state index in [2.05, 4.69) is 12.0 Å². The van der Waals surface area contributed by atoms with E-state index in [1.165, 1.54) is 29.5 Å². The molecule has 0 spiro atoms. The molecule has 0 aliphatic rings. The Morgan fingerprint density at radius 3 is 2.37 bits per heavy atom. The largest absolute Gasteiger partial charge is 0.478 e. The number of aryl methyl sites for hydroxylation is 2. The third kappa shape index (κ3) is 9.99. The van der Waals surface area contributed by atoms with Gasteiger partial charge in [0.2, 0.25) is 0 Å². The number of hydrogen-bond acceptors (Lipinski definition) is 6. The van der Waals surface area contributed by atoms with Crippen LogP contribution in [0.25, 0.3) is 0 Å². The Kier molecular flexibility index (Phi) is 13.1. The van der Waals surface area contributed by atoms with Crippen LogP contribution in [0.3, 0.4) is 0 Å². The topological polar surface area (TPSA) is 113 Å². The lowest BCUT2D eigenvalue weighted by Gasteiger charge is -2.21. The monoisotopic (exact) mass is 531 g/mol. The van der Waals surface area contributed by atoms with Crippen LogP contribution < -0.4 is 20.7 Å². The van der Waals surface area contributed by atoms with Gasteiger partial charge in [-0.05, 0) is 70.1 Å². The Bertz CT molecular complexity index is 1120. The second-order valence-corrected chi connectivity index (χ2v) is 10.3. The van der Waals surface area contributed by atoms with Crippen LogP contribution in [0.5, 0.6) is 11.6 Å². The number of rotatable bonds is 19. The molecule has 9 heteroatoms. The summed E-state index contributed by atoms with van der Waals surface area (Å²) >= 11 is 0. The number of ether oxygens (including phenoxy) is 2. The fourth-order valence-corrected chi connectivity index (χ4v) is 4.03. The summed E-state index contributed by atoms with van der Waals surface area (Å²) in [5.74, 6) is -0.485. The van der Waals surface area contributed by atoms with Crippen LogP contribution in [0.15, 0.2) is 33.9 Å². The van der Waals surface area contributed by atoms with Gasteiger partial charge in [-0.1, -0.05) is 58.1 Å². The predicted octanol–water partition coefficient (Wildman–Crippen LogP) is 5.21. The second kappa shape index (κ2) is 16.0. The summed E-state index contributed by atoms with van der Waals surface area (Å²) in [4.78, 5) is 37.0. The van der Waals surface area contributed by atoms with Gasteiger partial charge >= 0.3 is 17.2 Å². The molecule has 2 aromatic rings. The second-order valence-electron chi connectivity index (χ2n) is 10.3. The molecule has 38 heavy (non-hydrogen) atoms. The summed E-state index contributed by atoms with van der Waals surface area (Å²) in [5, 5.41) is 13.5. The van der Waals surface area contributed by atoms with Crippen molar-refractivity contribution in [2.75, 3.05) is 6.61 Å². The first-order valence-electron chi connectivity index (χ1n) is 14.1. The van der Waals surface area contributed by atoms with Crippen molar-refractivity contribution < 1.29 is 19.4 Å². The number of aliphatic carboxylic acids is 1. The number of carboxylic acid groups (broad SMARTS) is 1. The average molecular weight is 532 g/mol. The van der Waals surface area contributed by atoms with E-state index >= 15 is 0 Å². The van der Waals surface area contributed by atoms with Crippen molar-refractivity contribution in [2.24, 2.45) is 0 Å². The van der Waals surface area contributed by atoms with E-state index in [1.54, 1.807) is 6.07 Å². The predicted molar refractivity (Wildman–Crippen MR) is 148 cm³/mol. The normalized spacial score (nSPS) is 11.5. The van der Waals surface area contributed by atoms with E-state index in [4.69, 9.17) is 9.47 Å². The molecule has 1 heterocycles. The van der Waals surface area contributed by atoms with Crippen LogP contribution in [0.2, 0.25) is 0 Å². The fraction of sp³-hybridized carbons (Fsp3) is 0.655. The van der Waals surface area contributed by atoms with Gasteiger partial charge in [0.25, 0.3) is 5.88 Å². The quantitative estimate of drug-likeness (QED) is 0.248. The zero-order valence-electron chi connectivity index (χ0n) is 23.5. The molecule has 9 nitrogen and oxygen atoms in total. The van der Waals surface area contributed by atoms with E-state index in [-0.39, 0.29) is 11.6 Å². The highest BCUT2D eigenvalue weighted by Gasteiger charge is 2.29. The lowest BCUT2D eigenvalue weighted by Crippen LogP contribution is -2.42. The third-order valence-electron chi connectivity index (χ3n) is 6.44. The minimum absolute atomic E-state index is 0.000145. The van der Waals surface area contributed by atoms with Crippen molar-refractivity contribution in [1.29, 1.82) is 0 Å². The highest BCUT2D eigenvalue weighted by molar-refractivity contribution is 5.76. The molecule has 1 aromatic heterocycles. The summed E-state index contributed by atoms with van der Waals surface area (Å²) in [5.41, 5.74) is -1.04. The Labute approximate surface area is 225 Å². The molecule has 0 radical (unpaired) electrons. The number of nitrogens with zero attached hydrogens (tertiary/aromatic N) is 3. The van der Waals surface area contributed by atoms with Gasteiger partial charge in [0, 0.05) is 13.1 Å². The van der Waals surface area contributed by atoms with Crippen molar-refractivity contribution in [3.05, 3.63) is 50.7 Å². The van der Waals surface area contributed by atoms with Crippen LogP contribution in [-0.4, -0.2) is 37.6 Å². The molecule has 2 rings (SSSR count). The number of carboxylic acids is 1. The number of carbonyl (C=O) groups is 1. The molecular weight excluding hydrogens is 486 g/mol. The van der Waals surface area contributed by atoms with Crippen LogP contribution in [0.1, 0.15) is 97.5 Å². The Morgan fingerprint density at radius 1 is 0.947 bits per heavy atom. The number of aromatic nitrogens is 3. The van der Waals surface area contributed by atoms with Crippen LogP contribution in [-0.2, 0) is 24.3 Å². The maximum atomic E-state index is 12.9. The van der Waals surface area contributed by atoms with E-state index in [0.29, 0.717) is 25.4 Å². The molecular formula is C29H45N3O6.